The van der Waals surface area contributed by atoms with E-state index in [4.69, 9.17) is 9.47 Å². The van der Waals surface area contributed by atoms with Crippen LogP contribution < -0.4 is 22.8 Å². The molecule has 0 saturated carbocycles. The fourth-order valence-electron chi connectivity index (χ4n) is 7.66. The van der Waals surface area contributed by atoms with Crippen molar-refractivity contribution in [3.63, 3.8) is 0 Å². The van der Waals surface area contributed by atoms with E-state index >= 15 is 0 Å². The molecule has 0 amide bonds. The van der Waals surface area contributed by atoms with E-state index in [1.54, 1.807) is 48.5 Å². The summed E-state index contributed by atoms with van der Waals surface area (Å²) in [4.78, 5) is 66.6. The van der Waals surface area contributed by atoms with Crippen LogP contribution in [-0.2, 0) is 20.8 Å². The van der Waals surface area contributed by atoms with Crippen LogP contribution in [0.25, 0.3) is 11.4 Å². The van der Waals surface area contributed by atoms with E-state index in [1.165, 1.54) is 18.6 Å². The summed E-state index contributed by atoms with van der Waals surface area (Å²) in [5.74, 6) is -0.734. The molecule has 1 aliphatic carbocycles. The molecular formula is C33H34N6O7. The number of aromatic nitrogens is 6. The third kappa shape index (κ3) is 4.28. The summed E-state index contributed by atoms with van der Waals surface area (Å²) in [5.41, 5.74) is -0.692. The average Bonchev–Trinajstić information content (AvgIpc) is 3.41. The number of benzene rings is 2. The SMILES string of the molecule is CC1C(=O)O[C@@H]2[C@H]3O[C@]3(C)CCC(n3[nH]c(=O)n(-c4ccccc4)c3=O)/C(CC3Cn4c(=O)n(-c5ccccc5)c(=O)n43)=C/C[C@@H]12. The topological polar surface area (TPSA) is 148 Å². The van der Waals surface area contributed by atoms with Crippen LogP contribution in [-0.4, -0.2) is 52.1 Å². The van der Waals surface area contributed by atoms with Gasteiger partial charge >= 0.3 is 28.7 Å². The summed E-state index contributed by atoms with van der Waals surface area (Å²) >= 11 is 0. The zero-order valence-electron chi connectivity index (χ0n) is 25.4. The van der Waals surface area contributed by atoms with Gasteiger partial charge in [0.15, 0.2) is 0 Å². The van der Waals surface area contributed by atoms with E-state index in [1.807, 2.05) is 32.1 Å². The number of carbonyl (C=O) groups excluding carboxylic acids is 1. The first-order valence-corrected chi connectivity index (χ1v) is 15.7. The number of hydrogen-bond donors (Lipinski definition) is 1. The Morgan fingerprint density at radius 2 is 1.57 bits per heavy atom. The lowest BCUT2D eigenvalue weighted by atomic mass is 9.80. The van der Waals surface area contributed by atoms with Crippen LogP contribution in [0, 0.1) is 11.8 Å². The van der Waals surface area contributed by atoms with Gasteiger partial charge in [-0.15, -0.1) is 0 Å². The van der Waals surface area contributed by atoms with E-state index in [0.717, 1.165) is 10.1 Å². The summed E-state index contributed by atoms with van der Waals surface area (Å²) in [6.07, 6.45) is 3.25. The van der Waals surface area contributed by atoms with Gasteiger partial charge in [-0.25, -0.2) is 47.5 Å². The van der Waals surface area contributed by atoms with E-state index in [2.05, 4.69) is 5.10 Å². The fraction of sp³-hybridized carbons (Fsp3) is 0.424. The van der Waals surface area contributed by atoms with E-state index < -0.39 is 34.4 Å². The maximum absolute atomic E-state index is 13.9. The standard InChI is InChI=1S/C33H34N6O7/c1-19-24-14-13-20(17-23-18-35-30(42)37(32(44)39(23)35)22-11-7-4-8-12-22)25(15-16-33(2)27(46-33)26(24)45-28(19)40)38-31(43)36(29(41)34-38)21-9-5-3-6-10-21/h3-13,19,23-27H,14-18H2,1-2H3,(H,34,41)/b20-13+/t19?,23?,24-,25?,26-,27+,33+/m0/s1. The molecule has 5 heterocycles. The second kappa shape index (κ2) is 10.3. The van der Waals surface area contributed by atoms with Gasteiger partial charge in [0.1, 0.15) is 12.2 Å². The molecular weight excluding hydrogens is 592 g/mol. The number of carbonyl (C=O) groups is 1. The van der Waals surface area contributed by atoms with E-state index in [0.29, 0.717) is 43.6 Å². The maximum Gasteiger partial charge on any atom is 0.352 e. The lowest BCUT2D eigenvalue weighted by molar-refractivity contribution is -0.144. The number of aromatic amines is 1. The molecule has 46 heavy (non-hydrogen) atoms. The quantitative estimate of drug-likeness (QED) is 0.203. The number of esters is 1. The highest BCUT2D eigenvalue weighted by molar-refractivity contribution is 5.75. The van der Waals surface area contributed by atoms with Gasteiger partial charge in [0.25, 0.3) is 0 Å². The van der Waals surface area contributed by atoms with Crippen LogP contribution in [0.1, 0.15) is 51.6 Å². The number of allylic oxidation sites excluding steroid dienone is 2. The smallest absolute Gasteiger partial charge is 0.352 e. The second-order valence-corrected chi connectivity index (χ2v) is 13.0. The second-order valence-electron chi connectivity index (χ2n) is 13.0. The van der Waals surface area contributed by atoms with Crippen molar-refractivity contribution in [1.82, 2.24) is 28.3 Å². The third-order valence-corrected chi connectivity index (χ3v) is 10.3. The van der Waals surface area contributed by atoms with Gasteiger partial charge < -0.3 is 9.47 Å². The predicted octanol–water partition coefficient (Wildman–Crippen LogP) is 2.07. The van der Waals surface area contributed by atoms with Crippen molar-refractivity contribution in [2.45, 2.75) is 76.0 Å². The van der Waals surface area contributed by atoms with Crippen molar-refractivity contribution >= 4 is 5.97 Å². The molecule has 3 aliphatic heterocycles. The van der Waals surface area contributed by atoms with E-state index in [-0.39, 0.29) is 36.1 Å². The number of ether oxygens (including phenoxy) is 2. The van der Waals surface area contributed by atoms with Crippen molar-refractivity contribution in [2.24, 2.45) is 11.8 Å². The first-order chi connectivity index (χ1) is 22.2. The Labute approximate surface area is 261 Å². The van der Waals surface area contributed by atoms with Gasteiger partial charge in [-0.05, 0) is 62.4 Å². The van der Waals surface area contributed by atoms with Gasteiger partial charge in [0.05, 0.1) is 41.5 Å². The molecule has 2 fully saturated rings. The molecule has 1 N–H and O–H groups in total. The third-order valence-electron chi connectivity index (χ3n) is 10.3. The summed E-state index contributed by atoms with van der Waals surface area (Å²) in [6.45, 7) is 4.17. The molecule has 238 valence electrons. The van der Waals surface area contributed by atoms with Gasteiger partial charge in [0.2, 0.25) is 0 Å². The highest BCUT2D eigenvalue weighted by Crippen LogP contribution is 2.51. The Bertz CT molecular complexity index is 2120. The normalized spacial score (nSPS) is 31.1. The largest absolute Gasteiger partial charge is 0.459 e. The predicted molar refractivity (Wildman–Crippen MR) is 165 cm³/mol. The minimum atomic E-state index is -0.565. The number of para-hydroxylation sites is 2. The van der Waals surface area contributed by atoms with Gasteiger partial charge in [-0.3, -0.25) is 4.79 Å². The molecule has 4 aromatic rings. The molecule has 7 atom stereocenters. The maximum atomic E-state index is 13.9. The van der Waals surface area contributed by atoms with Crippen LogP contribution in [0.4, 0.5) is 0 Å². The zero-order valence-corrected chi connectivity index (χ0v) is 25.4. The first kappa shape index (κ1) is 28.6. The molecule has 4 aliphatic rings. The Morgan fingerprint density at radius 3 is 2.26 bits per heavy atom. The van der Waals surface area contributed by atoms with Crippen molar-refractivity contribution in [2.75, 3.05) is 0 Å². The lowest BCUT2D eigenvalue weighted by Gasteiger charge is -2.33. The van der Waals surface area contributed by atoms with Crippen molar-refractivity contribution in [3.05, 3.63) is 114 Å². The van der Waals surface area contributed by atoms with Crippen LogP contribution >= 0.6 is 0 Å². The number of rotatable bonds is 5. The number of nitrogens with zero attached hydrogens (tertiary/aromatic N) is 5. The molecule has 2 aromatic carbocycles. The Balaban J connectivity index is 1.22. The van der Waals surface area contributed by atoms with Crippen molar-refractivity contribution < 1.29 is 14.3 Å². The first-order valence-electron chi connectivity index (χ1n) is 15.7. The molecule has 0 radical (unpaired) electrons. The molecule has 13 nitrogen and oxygen atoms in total. The minimum absolute atomic E-state index is 0.140. The highest BCUT2D eigenvalue weighted by Gasteiger charge is 2.62. The fourth-order valence-corrected chi connectivity index (χ4v) is 7.66. The summed E-state index contributed by atoms with van der Waals surface area (Å²) < 4.78 is 18.6. The summed E-state index contributed by atoms with van der Waals surface area (Å²) in [7, 11) is 0. The minimum Gasteiger partial charge on any atom is -0.459 e. The van der Waals surface area contributed by atoms with Gasteiger partial charge in [0, 0.05) is 5.92 Å². The summed E-state index contributed by atoms with van der Waals surface area (Å²) in [6, 6.07) is 16.6. The highest BCUT2D eigenvalue weighted by atomic mass is 16.6. The van der Waals surface area contributed by atoms with Gasteiger partial charge in [-0.1, -0.05) is 49.4 Å². The molecule has 0 bridgehead atoms. The molecule has 8 rings (SSSR count). The molecule has 3 unspecified atom stereocenters. The lowest BCUT2D eigenvalue weighted by Crippen LogP contribution is -2.44. The molecule has 2 aromatic heterocycles. The van der Waals surface area contributed by atoms with Crippen LogP contribution in [0.15, 0.2) is 91.5 Å². The molecule has 0 spiro atoms. The number of H-pyrrole nitrogens is 1. The van der Waals surface area contributed by atoms with Crippen molar-refractivity contribution in [1.29, 1.82) is 0 Å². The zero-order chi connectivity index (χ0) is 31.9. The number of fused-ring (bicyclic) bond motifs is 4. The number of epoxide rings is 1. The Kier molecular flexibility index (Phi) is 6.40. The number of nitrogens with one attached hydrogen (secondary N) is 1. The van der Waals surface area contributed by atoms with Crippen molar-refractivity contribution in [3.8, 4) is 11.4 Å². The monoisotopic (exact) mass is 626 g/mol. The Hall–Kier alpha value is -4.91. The average molecular weight is 627 g/mol. The van der Waals surface area contributed by atoms with E-state index in [9.17, 15) is 24.0 Å². The van der Waals surface area contributed by atoms with Crippen LogP contribution in [0.3, 0.4) is 0 Å². The molecule has 13 heteroatoms. The summed E-state index contributed by atoms with van der Waals surface area (Å²) in [5, 5.41) is 2.80. The van der Waals surface area contributed by atoms with Crippen LogP contribution in [0.5, 0.6) is 0 Å². The number of hydrogen-bond acceptors (Lipinski definition) is 7. The molecule has 2 saturated heterocycles. The Morgan fingerprint density at radius 1 is 0.891 bits per heavy atom. The van der Waals surface area contributed by atoms with Crippen LogP contribution in [0.2, 0.25) is 0 Å². The van der Waals surface area contributed by atoms with Gasteiger partial charge in [-0.2, -0.15) is 0 Å².